The number of carbonyl (C=O) groups excluding carboxylic acids is 2. The van der Waals surface area contributed by atoms with Crippen molar-refractivity contribution in [2.24, 2.45) is 0 Å². The van der Waals surface area contributed by atoms with Gasteiger partial charge in [-0.15, -0.1) is 0 Å². The fourth-order valence-corrected chi connectivity index (χ4v) is 3.19. The molecule has 8 heteroatoms. The third-order valence-electron chi connectivity index (χ3n) is 4.52. The van der Waals surface area contributed by atoms with Gasteiger partial charge in [-0.25, -0.2) is 4.39 Å². The normalized spacial score (nSPS) is 18.5. The van der Waals surface area contributed by atoms with Gasteiger partial charge in [-0.1, -0.05) is 6.07 Å². The third kappa shape index (κ3) is 3.29. The minimum absolute atomic E-state index is 0.119. The van der Waals surface area contributed by atoms with Crippen LogP contribution in [0.5, 0.6) is 11.5 Å². The van der Waals surface area contributed by atoms with Gasteiger partial charge in [0.25, 0.3) is 11.7 Å². The van der Waals surface area contributed by atoms with Crippen LogP contribution in [-0.4, -0.2) is 52.2 Å². The topological polar surface area (TPSA) is 107 Å². The number of likely N-dealkylation sites (tertiary alicyclic amines) is 1. The Bertz CT molecular complexity index is 954. The van der Waals surface area contributed by atoms with Crippen molar-refractivity contribution in [1.82, 2.24) is 4.90 Å². The smallest absolute Gasteiger partial charge is 0.295 e. The number of methoxy groups -OCH3 is 1. The monoisotopic (exact) mass is 387 g/mol. The summed E-state index contributed by atoms with van der Waals surface area (Å²) >= 11 is 0. The standard InChI is InChI=1S/C20H18FNO6/c1-28-15-10-12(4-7-14(15)24)17-16(19(26)20(27)22(17)8-9-23)18(25)11-2-5-13(21)6-3-11/h2-7,10,17,23-25H,8-9H2,1H3/t17-/m0/s1. The number of nitrogens with zero attached hydrogens (tertiary/aromatic N) is 1. The van der Waals surface area contributed by atoms with Crippen LogP contribution < -0.4 is 4.74 Å². The van der Waals surface area contributed by atoms with Crippen molar-refractivity contribution < 1.29 is 34.0 Å². The Morgan fingerprint density at radius 1 is 1.18 bits per heavy atom. The second-order valence-corrected chi connectivity index (χ2v) is 6.15. The number of amides is 1. The molecule has 1 aliphatic rings. The number of ketones is 1. The van der Waals surface area contributed by atoms with Crippen molar-refractivity contribution in [2.45, 2.75) is 6.04 Å². The van der Waals surface area contributed by atoms with Gasteiger partial charge in [0.15, 0.2) is 11.5 Å². The molecule has 0 spiro atoms. The molecular weight excluding hydrogens is 369 g/mol. The van der Waals surface area contributed by atoms with Crippen LogP contribution in [-0.2, 0) is 9.59 Å². The Kier molecular flexibility index (Phi) is 5.32. The lowest BCUT2D eigenvalue weighted by Gasteiger charge is -2.25. The van der Waals surface area contributed by atoms with E-state index in [9.17, 15) is 29.3 Å². The zero-order valence-corrected chi connectivity index (χ0v) is 14.9. The highest BCUT2D eigenvalue weighted by atomic mass is 19.1. The summed E-state index contributed by atoms with van der Waals surface area (Å²) in [6.07, 6.45) is 0. The SMILES string of the molecule is COc1cc([C@H]2C(=C(O)c3ccc(F)cc3)C(=O)C(=O)N2CCO)ccc1O. The number of β-amino-alcohol motifs (C(OH)–C–C–N with tert-alkyl or cyclic N) is 1. The van der Waals surface area contributed by atoms with Crippen molar-refractivity contribution in [3.05, 3.63) is 65.0 Å². The van der Waals surface area contributed by atoms with Crippen LogP contribution in [0.15, 0.2) is 48.0 Å². The summed E-state index contributed by atoms with van der Waals surface area (Å²) < 4.78 is 18.3. The number of aliphatic hydroxyl groups excluding tert-OH is 2. The lowest BCUT2D eigenvalue weighted by Crippen LogP contribution is -2.32. The largest absolute Gasteiger partial charge is 0.507 e. The molecule has 0 radical (unpaired) electrons. The van der Waals surface area contributed by atoms with E-state index in [1.54, 1.807) is 0 Å². The number of hydrogen-bond donors (Lipinski definition) is 3. The van der Waals surface area contributed by atoms with E-state index in [4.69, 9.17) is 4.74 Å². The number of phenolic OH excluding ortho intramolecular Hbond substituents is 1. The summed E-state index contributed by atoms with van der Waals surface area (Å²) in [6, 6.07) is 8.08. The van der Waals surface area contributed by atoms with Crippen LogP contribution in [0.3, 0.4) is 0 Å². The molecule has 1 atom stereocenters. The van der Waals surface area contributed by atoms with E-state index < -0.39 is 35.9 Å². The number of aliphatic hydroxyl groups is 2. The van der Waals surface area contributed by atoms with Gasteiger partial charge < -0.3 is 25.0 Å². The Hall–Kier alpha value is -3.39. The number of ether oxygens (including phenoxy) is 1. The number of Topliss-reactive ketones (excluding diaryl/α,β-unsaturated/α-hetero) is 1. The average Bonchev–Trinajstić information content (AvgIpc) is 2.94. The van der Waals surface area contributed by atoms with Crippen LogP contribution >= 0.6 is 0 Å². The van der Waals surface area contributed by atoms with Crippen LogP contribution in [0.1, 0.15) is 17.2 Å². The van der Waals surface area contributed by atoms with E-state index in [0.29, 0.717) is 5.56 Å². The van der Waals surface area contributed by atoms with Crippen molar-refractivity contribution in [3.63, 3.8) is 0 Å². The lowest BCUT2D eigenvalue weighted by atomic mass is 9.95. The van der Waals surface area contributed by atoms with Crippen LogP contribution in [0, 0.1) is 5.82 Å². The summed E-state index contributed by atoms with van der Waals surface area (Å²) in [5, 5.41) is 29.9. The van der Waals surface area contributed by atoms with Crippen molar-refractivity contribution in [1.29, 1.82) is 0 Å². The molecule has 7 nitrogen and oxygen atoms in total. The number of benzene rings is 2. The molecule has 3 rings (SSSR count). The highest BCUT2D eigenvalue weighted by molar-refractivity contribution is 6.46. The maximum Gasteiger partial charge on any atom is 0.295 e. The lowest BCUT2D eigenvalue weighted by molar-refractivity contribution is -0.140. The molecule has 1 fully saturated rings. The second kappa shape index (κ2) is 7.69. The Labute approximate surface area is 159 Å². The first-order valence-corrected chi connectivity index (χ1v) is 8.41. The Morgan fingerprint density at radius 3 is 2.46 bits per heavy atom. The molecule has 0 aliphatic carbocycles. The summed E-state index contributed by atoms with van der Waals surface area (Å²) in [4.78, 5) is 26.2. The maximum absolute atomic E-state index is 13.2. The number of rotatable bonds is 5. The van der Waals surface area contributed by atoms with Crippen LogP contribution in [0.25, 0.3) is 5.76 Å². The van der Waals surface area contributed by atoms with E-state index >= 15 is 0 Å². The second-order valence-electron chi connectivity index (χ2n) is 6.15. The molecule has 0 aromatic heterocycles. The molecule has 1 aliphatic heterocycles. The number of aromatic hydroxyl groups is 1. The number of hydrogen-bond acceptors (Lipinski definition) is 6. The Morgan fingerprint density at radius 2 is 1.86 bits per heavy atom. The summed E-state index contributed by atoms with van der Waals surface area (Å²) in [6.45, 7) is -0.534. The molecule has 1 heterocycles. The van der Waals surface area contributed by atoms with Crippen LogP contribution in [0.4, 0.5) is 4.39 Å². The minimum atomic E-state index is -1.01. The highest BCUT2D eigenvalue weighted by Gasteiger charge is 2.46. The molecular formula is C20H18FNO6. The molecule has 0 bridgehead atoms. The van der Waals surface area contributed by atoms with Gasteiger partial charge in [0, 0.05) is 12.1 Å². The molecule has 1 amide bonds. The van der Waals surface area contributed by atoms with E-state index in [2.05, 4.69) is 0 Å². The molecule has 146 valence electrons. The zero-order chi connectivity index (χ0) is 20.4. The molecule has 1 saturated heterocycles. The molecule has 0 saturated carbocycles. The van der Waals surface area contributed by atoms with Gasteiger partial charge in [-0.05, 0) is 42.0 Å². The van der Waals surface area contributed by atoms with Gasteiger partial charge in [0.2, 0.25) is 0 Å². The molecule has 28 heavy (non-hydrogen) atoms. The highest BCUT2D eigenvalue weighted by Crippen LogP contribution is 2.41. The first-order valence-electron chi connectivity index (χ1n) is 8.41. The van der Waals surface area contributed by atoms with E-state index in [1.807, 2.05) is 0 Å². The fourth-order valence-electron chi connectivity index (χ4n) is 3.19. The van der Waals surface area contributed by atoms with Crippen molar-refractivity contribution in [3.8, 4) is 11.5 Å². The molecule has 3 N–H and O–H groups in total. The third-order valence-corrected chi connectivity index (χ3v) is 4.52. The summed E-state index contributed by atoms with van der Waals surface area (Å²) in [7, 11) is 1.35. The average molecular weight is 387 g/mol. The first kappa shape index (κ1) is 19.4. The zero-order valence-electron chi connectivity index (χ0n) is 14.9. The Balaban J connectivity index is 2.20. The van der Waals surface area contributed by atoms with Gasteiger partial charge in [-0.3, -0.25) is 9.59 Å². The number of halogens is 1. The molecule has 2 aromatic rings. The fraction of sp³-hybridized carbons (Fsp3) is 0.200. The van der Waals surface area contributed by atoms with Crippen LogP contribution in [0.2, 0.25) is 0 Å². The van der Waals surface area contributed by atoms with E-state index in [1.165, 1.54) is 37.4 Å². The van der Waals surface area contributed by atoms with Gasteiger partial charge in [0.05, 0.1) is 25.3 Å². The van der Waals surface area contributed by atoms with E-state index in [-0.39, 0.29) is 29.2 Å². The van der Waals surface area contributed by atoms with Gasteiger partial charge in [-0.2, -0.15) is 0 Å². The van der Waals surface area contributed by atoms with Gasteiger partial charge in [0.1, 0.15) is 11.6 Å². The van der Waals surface area contributed by atoms with Crippen molar-refractivity contribution in [2.75, 3.05) is 20.3 Å². The molecule has 2 aromatic carbocycles. The minimum Gasteiger partial charge on any atom is -0.507 e. The maximum atomic E-state index is 13.2. The number of phenols is 1. The predicted molar refractivity (Wildman–Crippen MR) is 97.2 cm³/mol. The molecule has 0 unspecified atom stereocenters. The van der Waals surface area contributed by atoms with Gasteiger partial charge >= 0.3 is 0 Å². The van der Waals surface area contributed by atoms with Crippen molar-refractivity contribution >= 4 is 17.4 Å². The summed E-state index contributed by atoms with van der Waals surface area (Å²) in [5.41, 5.74) is 0.364. The van der Waals surface area contributed by atoms with E-state index in [0.717, 1.165) is 17.0 Å². The quantitative estimate of drug-likeness (QED) is 0.411. The summed E-state index contributed by atoms with van der Waals surface area (Å²) in [5.74, 6) is -2.80. The predicted octanol–water partition coefficient (Wildman–Crippen LogP) is 1.95. The number of carbonyl (C=O) groups is 2. The first-order chi connectivity index (χ1) is 13.4.